The average Bonchev–Trinajstić information content (AvgIpc) is 3.32. The van der Waals surface area contributed by atoms with Gasteiger partial charge >= 0.3 is 0 Å². The highest BCUT2D eigenvalue weighted by Gasteiger charge is 2.24. The molecule has 1 saturated carbocycles. The van der Waals surface area contributed by atoms with Gasteiger partial charge in [0, 0.05) is 39.1 Å². The van der Waals surface area contributed by atoms with Gasteiger partial charge in [0.1, 0.15) is 10.8 Å². The zero-order chi connectivity index (χ0) is 19.2. The molecule has 0 radical (unpaired) electrons. The van der Waals surface area contributed by atoms with Crippen LogP contribution >= 0.6 is 11.3 Å². The second-order valence-corrected chi connectivity index (χ2v) is 9.79. The highest BCUT2D eigenvalue weighted by atomic mass is 32.1. The van der Waals surface area contributed by atoms with Gasteiger partial charge in [-0.25, -0.2) is 0 Å². The number of rotatable bonds is 9. The summed E-state index contributed by atoms with van der Waals surface area (Å²) in [6.07, 6.45) is 7.52. The SMILES string of the molecule is CCC(CN1CCN(c2nnc(CC(=O)CC3CCCC3)s2)CC1)C(C)C. The van der Waals surface area contributed by atoms with Gasteiger partial charge in [0.15, 0.2) is 0 Å². The quantitative estimate of drug-likeness (QED) is 0.635. The molecule has 1 aliphatic carbocycles. The highest BCUT2D eigenvalue weighted by molar-refractivity contribution is 7.15. The van der Waals surface area contributed by atoms with E-state index in [1.165, 1.54) is 38.6 Å². The van der Waals surface area contributed by atoms with Crippen LogP contribution in [-0.4, -0.2) is 53.6 Å². The Labute approximate surface area is 168 Å². The van der Waals surface area contributed by atoms with Crippen LogP contribution in [0.5, 0.6) is 0 Å². The molecule has 1 unspecified atom stereocenters. The van der Waals surface area contributed by atoms with Crippen molar-refractivity contribution in [2.45, 2.75) is 65.7 Å². The van der Waals surface area contributed by atoms with E-state index >= 15 is 0 Å². The van der Waals surface area contributed by atoms with Gasteiger partial charge < -0.3 is 4.90 Å². The summed E-state index contributed by atoms with van der Waals surface area (Å²) in [5.74, 6) is 2.50. The number of carbonyl (C=O) groups excluding carboxylic acids is 1. The van der Waals surface area contributed by atoms with Gasteiger partial charge in [-0.3, -0.25) is 9.69 Å². The number of nitrogens with zero attached hydrogens (tertiary/aromatic N) is 4. The third-order valence-corrected chi connectivity index (χ3v) is 7.38. The molecule has 1 atom stereocenters. The van der Waals surface area contributed by atoms with Crippen LogP contribution in [0.3, 0.4) is 0 Å². The molecule has 0 spiro atoms. The molecule has 152 valence electrons. The number of aromatic nitrogens is 2. The lowest BCUT2D eigenvalue weighted by molar-refractivity contribution is -0.119. The summed E-state index contributed by atoms with van der Waals surface area (Å²) in [6, 6.07) is 0. The number of Topliss-reactive ketones (excluding diaryl/α,β-unsaturated/α-hetero) is 1. The predicted molar refractivity (Wildman–Crippen MR) is 112 cm³/mol. The molecule has 1 saturated heterocycles. The molecule has 1 aromatic rings. The number of hydrogen-bond donors (Lipinski definition) is 0. The fourth-order valence-corrected chi connectivity index (χ4v) is 5.40. The summed E-state index contributed by atoms with van der Waals surface area (Å²) in [5, 5.41) is 10.6. The van der Waals surface area contributed by atoms with Crippen molar-refractivity contribution in [2.75, 3.05) is 37.6 Å². The van der Waals surface area contributed by atoms with Crippen molar-refractivity contribution in [3.05, 3.63) is 5.01 Å². The van der Waals surface area contributed by atoms with E-state index < -0.39 is 0 Å². The summed E-state index contributed by atoms with van der Waals surface area (Å²) in [5.41, 5.74) is 0. The van der Waals surface area contributed by atoms with Gasteiger partial charge in [-0.2, -0.15) is 0 Å². The first-order valence-corrected chi connectivity index (χ1v) is 11.7. The molecule has 5 nitrogen and oxygen atoms in total. The second kappa shape index (κ2) is 9.97. The van der Waals surface area contributed by atoms with E-state index in [4.69, 9.17) is 0 Å². The molecule has 2 heterocycles. The van der Waals surface area contributed by atoms with E-state index in [1.54, 1.807) is 11.3 Å². The first kappa shape index (κ1) is 20.7. The summed E-state index contributed by atoms with van der Waals surface area (Å²) >= 11 is 1.61. The lowest BCUT2D eigenvalue weighted by Crippen LogP contribution is -2.48. The molecule has 0 amide bonds. The van der Waals surface area contributed by atoms with E-state index in [-0.39, 0.29) is 0 Å². The molecule has 3 rings (SSSR count). The molecular weight excluding hydrogens is 356 g/mol. The summed E-state index contributed by atoms with van der Waals surface area (Å²) < 4.78 is 0. The smallest absolute Gasteiger partial charge is 0.208 e. The maximum absolute atomic E-state index is 12.3. The van der Waals surface area contributed by atoms with Crippen LogP contribution in [0, 0.1) is 17.8 Å². The van der Waals surface area contributed by atoms with Crippen molar-refractivity contribution in [1.29, 1.82) is 0 Å². The first-order chi connectivity index (χ1) is 13.0. The van der Waals surface area contributed by atoms with Crippen molar-refractivity contribution in [2.24, 2.45) is 17.8 Å². The third-order valence-electron chi connectivity index (χ3n) is 6.40. The number of ketones is 1. The zero-order valence-corrected chi connectivity index (χ0v) is 18.1. The largest absolute Gasteiger partial charge is 0.344 e. The van der Waals surface area contributed by atoms with Crippen LogP contribution in [0.15, 0.2) is 0 Å². The van der Waals surface area contributed by atoms with Crippen molar-refractivity contribution >= 4 is 22.3 Å². The molecular formula is C21H36N4OS. The number of anilines is 1. The number of piperazine rings is 1. The Morgan fingerprint density at radius 3 is 2.48 bits per heavy atom. The van der Waals surface area contributed by atoms with E-state index in [1.807, 2.05) is 0 Å². The van der Waals surface area contributed by atoms with Crippen LogP contribution in [0.25, 0.3) is 0 Å². The molecule has 2 aliphatic rings. The standard InChI is InChI=1S/C21H36N4OS/c1-4-18(16(2)3)15-24-9-11-25(12-10-24)21-23-22-20(27-21)14-19(26)13-17-7-5-6-8-17/h16-18H,4-15H2,1-3H3. The van der Waals surface area contributed by atoms with Crippen molar-refractivity contribution < 1.29 is 4.79 Å². The Kier molecular flexibility index (Phi) is 7.65. The Balaban J connectivity index is 1.44. The molecule has 0 bridgehead atoms. The summed E-state index contributed by atoms with van der Waals surface area (Å²) in [6.45, 7) is 12.4. The fraction of sp³-hybridized carbons (Fsp3) is 0.857. The first-order valence-electron chi connectivity index (χ1n) is 10.9. The third kappa shape index (κ3) is 5.98. The van der Waals surface area contributed by atoms with E-state index in [2.05, 4.69) is 40.8 Å². The minimum atomic E-state index is 0.341. The zero-order valence-electron chi connectivity index (χ0n) is 17.3. The maximum Gasteiger partial charge on any atom is 0.208 e. The van der Waals surface area contributed by atoms with E-state index in [9.17, 15) is 4.79 Å². The predicted octanol–water partition coefficient (Wildman–Crippen LogP) is 4.03. The number of hydrogen-bond acceptors (Lipinski definition) is 6. The van der Waals surface area contributed by atoms with Gasteiger partial charge in [-0.05, 0) is 17.8 Å². The van der Waals surface area contributed by atoms with Crippen LogP contribution in [-0.2, 0) is 11.2 Å². The second-order valence-electron chi connectivity index (χ2n) is 8.75. The van der Waals surface area contributed by atoms with Crippen molar-refractivity contribution in [3.8, 4) is 0 Å². The molecule has 2 fully saturated rings. The molecule has 1 aromatic heterocycles. The maximum atomic E-state index is 12.3. The summed E-state index contributed by atoms with van der Waals surface area (Å²) in [7, 11) is 0. The Bertz CT molecular complexity index is 589. The van der Waals surface area contributed by atoms with Crippen LogP contribution in [0.2, 0.25) is 0 Å². The van der Waals surface area contributed by atoms with Crippen molar-refractivity contribution in [1.82, 2.24) is 15.1 Å². The lowest BCUT2D eigenvalue weighted by atomic mass is 9.92. The minimum absolute atomic E-state index is 0.341. The van der Waals surface area contributed by atoms with Gasteiger partial charge in [0.05, 0.1) is 6.42 Å². The Morgan fingerprint density at radius 1 is 1.15 bits per heavy atom. The molecule has 1 aliphatic heterocycles. The van der Waals surface area contributed by atoms with Gasteiger partial charge in [-0.15, -0.1) is 10.2 Å². The van der Waals surface area contributed by atoms with Gasteiger partial charge in [-0.1, -0.05) is 64.2 Å². The minimum Gasteiger partial charge on any atom is -0.344 e. The lowest BCUT2D eigenvalue weighted by Gasteiger charge is -2.36. The Hall–Kier alpha value is -1.01. The molecule has 6 heteroatoms. The van der Waals surface area contributed by atoms with Gasteiger partial charge in [0.25, 0.3) is 0 Å². The van der Waals surface area contributed by atoms with Crippen molar-refractivity contribution in [3.63, 3.8) is 0 Å². The van der Waals surface area contributed by atoms with Crippen LogP contribution < -0.4 is 4.90 Å². The average molecular weight is 393 g/mol. The fourth-order valence-electron chi connectivity index (χ4n) is 4.49. The van der Waals surface area contributed by atoms with E-state index in [0.717, 1.165) is 54.6 Å². The topological polar surface area (TPSA) is 49.3 Å². The Morgan fingerprint density at radius 2 is 1.85 bits per heavy atom. The highest BCUT2D eigenvalue weighted by Crippen LogP contribution is 2.29. The molecule has 0 N–H and O–H groups in total. The normalized spacial score (nSPS) is 20.5. The van der Waals surface area contributed by atoms with E-state index in [0.29, 0.717) is 18.1 Å². The van der Waals surface area contributed by atoms with Crippen LogP contribution in [0.4, 0.5) is 5.13 Å². The monoisotopic (exact) mass is 392 g/mol. The summed E-state index contributed by atoms with van der Waals surface area (Å²) in [4.78, 5) is 17.2. The molecule has 27 heavy (non-hydrogen) atoms. The van der Waals surface area contributed by atoms with Gasteiger partial charge in [0.2, 0.25) is 5.13 Å². The molecule has 0 aromatic carbocycles. The van der Waals surface area contributed by atoms with Crippen LogP contribution in [0.1, 0.15) is 64.3 Å². The number of carbonyl (C=O) groups is 1.